The van der Waals surface area contributed by atoms with Crippen molar-refractivity contribution in [2.75, 3.05) is 14.2 Å². The molecule has 1 rings (SSSR count). The Balaban J connectivity index is 2.73. The van der Waals surface area contributed by atoms with Gasteiger partial charge in [-0.3, -0.25) is 4.79 Å². The van der Waals surface area contributed by atoms with Gasteiger partial charge in [-0.2, -0.15) is 0 Å². The molecule has 1 amide bonds. The minimum atomic E-state index is -1.54. The van der Waals surface area contributed by atoms with E-state index in [-0.39, 0.29) is 6.54 Å². The lowest BCUT2D eigenvalue weighted by atomic mass is 10.2. The first-order valence-corrected chi connectivity index (χ1v) is 5.46. The maximum absolute atomic E-state index is 11.6. The number of nitrogens with zero attached hydrogens (tertiary/aromatic N) is 1. The van der Waals surface area contributed by atoms with Crippen LogP contribution in [0.15, 0.2) is 36.1 Å². The summed E-state index contributed by atoms with van der Waals surface area (Å²) in [6, 6.07) is 7.15. The Bertz CT molecular complexity index is 510. The first kappa shape index (κ1) is 14.6. The molecule has 0 spiro atoms. The average Bonchev–Trinajstić information content (AvgIpc) is 2.38. The van der Waals surface area contributed by atoms with Crippen molar-refractivity contribution in [2.45, 2.75) is 6.54 Å². The number of carboxylic acid groups (broad SMARTS) is 1. The number of ether oxygens (including phenoxy) is 1. The van der Waals surface area contributed by atoms with Gasteiger partial charge in [0.05, 0.1) is 13.2 Å². The normalized spacial score (nSPS) is 10.9. The topological polar surface area (TPSA) is 87.1 Å². The Morgan fingerprint density at radius 1 is 1.37 bits per heavy atom. The van der Waals surface area contributed by atoms with Crippen molar-refractivity contribution in [3.63, 3.8) is 0 Å². The maximum Gasteiger partial charge on any atom is 0.371 e. The smallest absolute Gasteiger partial charge is 0.371 e. The van der Waals surface area contributed by atoms with Crippen molar-refractivity contribution < 1.29 is 24.5 Å². The summed E-state index contributed by atoms with van der Waals surface area (Å²) in [6.45, 7) is 0.277. The molecule has 0 atom stereocenters. The highest BCUT2D eigenvalue weighted by Crippen LogP contribution is 2.14. The van der Waals surface area contributed by atoms with Gasteiger partial charge in [-0.1, -0.05) is 12.1 Å². The van der Waals surface area contributed by atoms with Crippen molar-refractivity contribution in [3.8, 4) is 5.75 Å². The second-order valence-electron chi connectivity index (χ2n) is 3.88. The molecule has 0 aromatic heterocycles. The summed E-state index contributed by atoms with van der Waals surface area (Å²) in [5.74, 6) is -2.45. The molecule has 0 radical (unpaired) electrons. The van der Waals surface area contributed by atoms with E-state index >= 15 is 0 Å². The zero-order valence-corrected chi connectivity index (χ0v) is 10.7. The standard InChI is InChI=1S/C13H15NO5/c1-14(12(16)7-11(15)13(17)18)8-9-4-3-5-10(6-9)19-2/h3-7,15H,8H2,1-2H3,(H,17,18)/b11-7-. The third-order valence-electron chi connectivity index (χ3n) is 2.41. The van der Waals surface area contributed by atoms with Crippen molar-refractivity contribution >= 4 is 11.9 Å². The van der Waals surface area contributed by atoms with Crippen LogP contribution < -0.4 is 4.74 Å². The first-order chi connectivity index (χ1) is 8.93. The number of likely N-dealkylation sites (N-methyl/N-ethyl adjacent to an activating group) is 1. The van der Waals surface area contributed by atoms with Gasteiger partial charge in [0.15, 0.2) is 0 Å². The van der Waals surface area contributed by atoms with Crippen molar-refractivity contribution in [1.29, 1.82) is 0 Å². The average molecular weight is 265 g/mol. The Morgan fingerprint density at radius 2 is 2.05 bits per heavy atom. The van der Waals surface area contributed by atoms with Crippen LogP contribution in [-0.2, 0) is 16.1 Å². The van der Waals surface area contributed by atoms with Gasteiger partial charge < -0.3 is 19.8 Å². The molecule has 0 aliphatic rings. The Kier molecular flexibility index (Phi) is 4.93. The molecule has 0 heterocycles. The largest absolute Gasteiger partial charge is 0.502 e. The van der Waals surface area contributed by atoms with Crippen LogP contribution in [0.5, 0.6) is 5.75 Å². The summed E-state index contributed by atoms with van der Waals surface area (Å²) < 4.78 is 5.06. The van der Waals surface area contributed by atoms with E-state index in [1.165, 1.54) is 11.9 Å². The minimum absolute atomic E-state index is 0.277. The van der Waals surface area contributed by atoms with Crippen LogP contribution in [0, 0.1) is 0 Å². The summed E-state index contributed by atoms with van der Waals surface area (Å²) >= 11 is 0. The van der Waals surface area contributed by atoms with E-state index in [4.69, 9.17) is 14.9 Å². The van der Waals surface area contributed by atoms with E-state index in [0.29, 0.717) is 11.8 Å². The summed E-state index contributed by atoms with van der Waals surface area (Å²) in [7, 11) is 3.05. The Morgan fingerprint density at radius 3 is 2.63 bits per heavy atom. The summed E-state index contributed by atoms with van der Waals surface area (Å²) in [4.78, 5) is 23.3. The van der Waals surface area contributed by atoms with Crippen molar-refractivity contribution in [1.82, 2.24) is 4.90 Å². The second-order valence-corrected chi connectivity index (χ2v) is 3.88. The molecule has 1 aromatic carbocycles. The second kappa shape index (κ2) is 6.44. The molecule has 0 aliphatic heterocycles. The third kappa shape index (κ3) is 4.34. The lowest BCUT2D eigenvalue weighted by molar-refractivity contribution is -0.136. The molecule has 0 aliphatic carbocycles. The summed E-state index contributed by atoms with van der Waals surface area (Å²) in [6.07, 6.45) is 0.669. The number of aliphatic carboxylic acids is 1. The van der Waals surface area contributed by atoms with Gasteiger partial charge in [0.1, 0.15) is 5.75 Å². The molecule has 1 aromatic rings. The van der Waals surface area contributed by atoms with E-state index in [1.807, 2.05) is 6.07 Å². The SMILES string of the molecule is COc1cccc(CN(C)C(=O)/C=C(\O)C(=O)O)c1. The van der Waals surface area contributed by atoms with Crippen molar-refractivity contribution in [2.24, 2.45) is 0 Å². The quantitative estimate of drug-likeness (QED) is 0.616. The predicted octanol–water partition coefficient (Wildman–Crippen LogP) is 1.18. The van der Waals surface area contributed by atoms with Crippen LogP contribution in [0.4, 0.5) is 0 Å². The van der Waals surface area contributed by atoms with Gasteiger partial charge >= 0.3 is 5.97 Å². The Hall–Kier alpha value is -2.50. The van der Waals surface area contributed by atoms with Crippen LogP contribution in [0.2, 0.25) is 0 Å². The van der Waals surface area contributed by atoms with Gasteiger partial charge in [-0.05, 0) is 17.7 Å². The monoisotopic (exact) mass is 265 g/mol. The number of aliphatic hydroxyl groups excluding tert-OH is 1. The van der Waals surface area contributed by atoms with E-state index in [1.54, 1.807) is 25.3 Å². The van der Waals surface area contributed by atoms with E-state index in [0.717, 1.165) is 5.56 Å². The summed E-state index contributed by atoms with van der Waals surface area (Å²) in [5, 5.41) is 17.5. The number of benzene rings is 1. The van der Waals surface area contributed by atoms with Crippen LogP contribution in [0.3, 0.4) is 0 Å². The minimum Gasteiger partial charge on any atom is -0.502 e. The van der Waals surface area contributed by atoms with Crippen LogP contribution in [0.1, 0.15) is 5.56 Å². The molecule has 0 fully saturated rings. The van der Waals surface area contributed by atoms with E-state index in [9.17, 15) is 9.59 Å². The third-order valence-corrected chi connectivity index (χ3v) is 2.41. The van der Waals surface area contributed by atoms with Gasteiger partial charge in [0.2, 0.25) is 5.76 Å². The molecule has 102 valence electrons. The highest BCUT2D eigenvalue weighted by molar-refractivity contribution is 5.95. The number of amides is 1. The maximum atomic E-state index is 11.6. The molecule has 6 heteroatoms. The van der Waals surface area contributed by atoms with E-state index < -0.39 is 17.6 Å². The molecule has 2 N–H and O–H groups in total. The predicted molar refractivity (Wildman–Crippen MR) is 67.8 cm³/mol. The van der Waals surface area contributed by atoms with Crippen molar-refractivity contribution in [3.05, 3.63) is 41.7 Å². The highest BCUT2D eigenvalue weighted by Gasteiger charge is 2.11. The number of carboxylic acids is 1. The number of hydrogen-bond acceptors (Lipinski definition) is 4. The highest BCUT2D eigenvalue weighted by atomic mass is 16.5. The lowest BCUT2D eigenvalue weighted by Crippen LogP contribution is -2.25. The molecule has 0 saturated carbocycles. The molecule has 6 nitrogen and oxygen atoms in total. The van der Waals surface area contributed by atoms with Gasteiger partial charge in [-0.15, -0.1) is 0 Å². The number of methoxy groups -OCH3 is 1. The van der Waals surface area contributed by atoms with Gasteiger partial charge in [0, 0.05) is 13.6 Å². The molecule has 0 unspecified atom stereocenters. The van der Waals surface area contributed by atoms with E-state index in [2.05, 4.69) is 0 Å². The van der Waals surface area contributed by atoms with Crippen LogP contribution in [-0.4, -0.2) is 41.1 Å². The molecule has 0 saturated heterocycles. The van der Waals surface area contributed by atoms with Gasteiger partial charge in [-0.25, -0.2) is 4.79 Å². The zero-order valence-electron chi connectivity index (χ0n) is 10.7. The number of hydrogen-bond donors (Lipinski definition) is 2. The number of carbonyl (C=O) groups is 2. The lowest BCUT2D eigenvalue weighted by Gasteiger charge is -2.15. The van der Waals surface area contributed by atoms with Gasteiger partial charge in [0.25, 0.3) is 5.91 Å². The molecule has 0 bridgehead atoms. The number of rotatable bonds is 5. The summed E-state index contributed by atoms with van der Waals surface area (Å²) in [5.41, 5.74) is 0.832. The molecule has 19 heavy (non-hydrogen) atoms. The fraction of sp³-hybridized carbons (Fsp3) is 0.231. The van der Waals surface area contributed by atoms with Crippen LogP contribution >= 0.6 is 0 Å². The fourth-order valence-corrected chi connectivity index (χ4v) is 1.41. The Labute approximate surface area is 110 Å². The fourth-order valence-electron chi connectivity index (χ4n) is 1.41. The molecular weight excluding hydrogens is 250 g/mol. The number of carbonyl (C=O) groups excluding carboxylic acids is 1. The first-order valence-electron chi connectivity index (χ1n) is 5.46. The van der Waals surface area contributed by atoms with Crippen LogP contribution in [0.25, 0.3) is 0 Å². The molecular formula is C13H15NO5. The number of aliphatic hydroxyl groups is 1. The zero-order chi connectivity index (χ0) is 14.4.